The molecule has 2 nitrogen and oxygen atoms in total. The Balaban J connectivity index is 2.19. The van der Waals surface area contributed by atoms with Crippen molar-refractivity contribution in [2.45, 2.75) is 0 Å². The Morgan fingerprint density at radius 3 is 2.60 bits per heavy atom. The molecule has 0 aromatic carbocycles. The average molecular weight is 176 g/mol. The summed E-state index contributed by atoms with van der Waals surface area (Å²) in [6.45, 7) is 3.08. The van der Waals surface area contributed by atoms with Gasteiger partial charge in [0.1, 0.15) is 0 Å². The minimum absolute atomic E-state index is 0.618. The van der Waals surface area contributed by atoms with Gasteiger partial charge in [-0.15, -0.1) is 0 Å². The summed E-state index contributed by atoms with van der Waals surface area (Å²) in [6, 6.07) is 0. The van der Waals surface area contributed by atoms with Crippen LogP contribution in [0.5, 0.6) is 0 Å². The van der Waals surface area contributed by atoms with E-state index in [2.05, 4.69) is 4.90 Å². The molecule has 0 amide bonds. The number of hydrogen-bond donors (Lipinski definition) is 1. The number of nitrogens with zero attached hydrogens (tertiary/aromatic N) is 1. The van der Waals surface area contributed by atoms with Gasteiger partial charge in [-0.3, -0.25) is 4.90 Å². The first-order valence-electron chi connectivity index (χ1n) is 3.37. The van der Waals surface area contributed by atoms with Gasteiger partial charge in [-0.05, 0) is 0 Å². The lowest BCUT2D eigenvalue weighted by molar-refractivity contribution is 0.346. The highest BCUT2D eigenvalue weighted by atomic mass is 32.2. The number of hydrogen-bond acceptors (Lipinski definition) is 3. The van der Waals surface area contributed by atoms with Crippen molar-refractivity contribution >= 4 is 29.0 Å². The van der Waals surface area contributed by atoms with Gasteiger partial charge in [0.05, 0.1) is 4.99 Å². The van der Waals surface area contributed by atoms with Crippen LogP contribution >= 0.6 is 24.0 Å². The van der Waals surface area contributed by atoms with E-state index >= 15 is 0 Å². The van der Waals surface area contributed by atoms with E-state index in [0.717, 1.165) is 19.6 Å². The second-order valence-corrected chi connectivity index (χ2v) is 4.10. The number of thioether (sulfide) groups is 1. The maximum absolute atomic E-state index is 5.41. The molecule has 58 valence electrons. The molecule has 1 saturated heterocycles. The topological polar surface area (TPSA) is 29.3 Å². The summed E-state index contributed by atoms with van der Waals surface area (Å²) in [7, 11) is 0. The van der Waals surface area contributed by atoms with E-state index in [1.807, 2.05) is 11.8 Å². The Labute approximate surface area is 71.1 Å². The third kappa shape index (κ3) is 2.86. The lowest BCUT2D eigenvalue weighted by atomic mass is 10.4. The van der Waals surface area contributed by atoms with Gasteiger partial charge in [-0.1, -0.05) is 12.2 Å². The van der Waals surface area contributed by atoms with Gasteiger partial charge in [0.25, 0.3) is 0 Å². The van der Waals surface area contributed by atoms with Crippen LogP contribution in [0.2, 0.25) is 0 Å². The molecule has 0 radical (unpaired) electrons. The van der Waals surface area contributed by atoms with Crippen molar-refractivity contribution in [3.63, 3.8) is 0 Å². The zero-order chi connectivity index (χ0) is 7.40. The molecule has 0 unspecified atom stereocenters. The van der Waals surface area contributed by atoms with Crippen molar-refractivity contribution in [3.8, 4) is 0 Å². The standard InChI is InChI=1S/C6H12N2S2/c7-6(9)5-8-1-3-10-4-2-8/h1-5H2,(H2,7,9). The third-order valence-corrected chi connectivity index (χ3v) is 2.55. The quantitative estimate of drug-likeness (QED) is 0.614. The van der Waals surface area contributed by atoms with Crippen molar-refractivity contribution < 1.29 is 0 Å². The molecule has 2 N–H and O–H groups in total. The van der Waals surface area contributed by atoms with Gasteiger partial charge >= 0.3 is 0 Å². The van der Waals surface area contributed by atoms with Crippen molar-refractivity contribution in [3.05, 3.63) is 0 Å². The summed E-state index contributed by atoms with van der Waals surface area (Å²) in [4.78, 5) is 2.92. The van der Waals surface area contributed by atoms with E-state index in [0.29, 0.717) is 4.99 Å². The molecule has 1 rings (SSSR count). The normalized spacial score (nSPS) is 20.8. The van der Waals surface area contributed by atoms with Crippen LogP contribution < -0.4 is 5.73 Å². The maximum Gasteiger partial charge on any atom is 0.0870 e. The van der Waals surface area contributed by atoms with Crippen LogP contribution in [0.4, 0.5) is 0 Å². The summed E-state index contributed by atoms with van der Waals surface area (Å²) in [5, 5.41) is 0. The Morgan fingerprint density at radius 2 is 2.10 bits per heavy atom. The molecule has 0 saturated carbocycles. The zero-order valence-corrected chi connectivity index (χ0v) is 7.51. The summed E-state index contributed by atoms with van der Waals surface area (Å²) in [5.74, 6) is 2.45. The first kappa shape index (κ1) is 8.30. The van der Waals surface area contributed by atoms with Crippen molar-refractivity contribution in [2.24, 2.45) is 5.73 Å². The highest BCUT2D eigenvalue weighted by Gasteiger charge is 2.09. The van der Waals surface area contributed by atoms with Gasteiger partial charge in [-0.2, -0.15) is 11.8 Å². The van der Waals surface area contributed by atoms with Gasteiger partial charge < -0.3 is 5.73 Å². The zero-order valence-electron chi connectivity index (χ0n) is 5.88. The molecule has 1 heterocycles. The molecule has 4 heteroatoms. The van der Waals surface area contributed by atoms with E-state index in [9.17, 15) is 0 Å². The van der Waals surface area contributed by atoms with E-state index in [-0.39, 0.29) is 0 Å². The van der Waals surface area contributed by atoms with E-state index < -0.39 is 0 Å². The molecule has 0 aromatic rings. The molecule has 0 bridgehead atoms. The second kappa shape index (κ2) is 4.16. The predicted molar refractivity (Wildman–Crippen MR) is 50.6 cm³/mol. The van der Waals surface area contributed by atoms with Crippen LogP contribution in [0.3, 0.4) is 0 Å². The smallest absolute Gasteiger partial charge is 0.0870 e. The number of thiocarbonyl (C=S) groups is 1. The number of nitrogens with two attached hydrogens (primary N) is 1. The van der Waals surface area contributed by atoms with E-state index in [1.165, 1.54) is 11.5 Å². The monoisotopic (exact) mass is 176 g/mol. The average Bonchev–Trinajstić information content (AvgIpc) is 1.88. The highest BCUT2D eigenvalue weighted by Crippen LogP contribution is 2.07. The van der Waals surface area contributed by atoms with Crippen LogP contribution in [0, 0.1) is 0 Å². The van der Waals surface area contributed by atoms with E-state index in [4.69, 9.17) is 18.0 Å². The maximum atomic E-state index is 5.41. The van der Waals surface area contributed by atoms with Crippen LogP contribution in [0.1, 0.15) is 0 Å². The molecule has 0 aliphatic carbocycles. The SMILES string of the molecule is NC(=S)CN1CCSCC1. The fourth-order valence-electron chi connectivity index (χ4n) is 0.980. The van der Waals surface area contributed by atoms with Crippen LogP contribution in [0.25, 0.3) is 0 Å². The largest absolute Gasteiger partial charge is 0.392 e. The van der Waals surface area contributed by atoms with Crippen LogP contribution in [0.15, 0.2) is 0 Å². The molecule has 0 atom stereocenters. The Morgan fingerprint density at radius 1 is 1.50 bits per heavy atom. The first-order valence-corrected chi connectivity index (χ1v) is 4.94. The molecule has 1 aliphatic heterocycles. The lowest BCUT2D eigenvalue weighted by Crippen LogP contribution is -2.38. The minimum atomic E-state index is 0.618. The Kier molecular flexibility index (Phi) is 3.45. The van der Waals surface area contributed by atoms with Crippen LogP contribution in [-0.2, 0) is 0 Å². The number of rotatable bonds is 2. The van der Waals surface area contributed by atoms with Gasteiger partial charge in [0.2, 0.25) is 0 Å². The lowest BCUT2D eigenvalue weighted by Gasteiger charge is -2.25. The van der Waals surface area contributed by atoms with Gasteiger partial charge in [-0.25, -0.2) is 0 Å². The molecule has 1 fully saturated rings. The molecule has 0 spiro atoms. The molecule has 10 heavy (non-hydrogen) atoms. The minimum Gasteiger partial charge on any atom is -0.392 e. The highest BCUT2D eigenvalue weighted by molar-refractivity contribution is 7.99. The van der Waals surface area contributed by atoms with Crippen LogP contribution in [-0.4, -0.2) is 41.0 Å². The van der Waals surface area contributed by atoms with Crippen molar-refractivity contribution in [1.29, 1.82) is 0 Å². The summed E-state index contributed by atoms with van der Waals surface area (Å²) < 4.78 is 0. The molecule has 0 aromatic heterocycles. The predicted octanol–water partition coefficient (Wildman–Crippen LogP) is 0.321. The van der Waals surface area contributed by atoms with Gasteiger partial charge in [0.15, 0.2) is 0 Å². The van der Waals surface area contributed by atoms with E-state index in [1.54, 1.807) is 0 Å². The Bertz CT molecular complexity index is 121. The Hall–Kier alpha value is 0.200. The fraction of sp³-hybridized carbons (Fsp3) is 0.833. The first-order chi connectivity index (χ1) is 4.79. The molecule has 1 aliphatic rings. The van der Waals surface area contributed by atoms with Gasteiger partial charge in [0, 0.05) is 31.1 Å². The molecular weight excluding hydrogens is 164 g/mol. The third-order valence-electron chi connectivity index (χ3n) is 1.48. The fourth-order valence-corrected chi connectivity index (χ4v) is 2.14. The molecular formula is C6H12N2S2. The van der Waals surface area contributed by atoms with Crippen molar-refractivity contribution in [1.82, 2.24) is 4.90 Å². The summed E-state index contributed by atoms with van der Waals surface area (Å²) in [6.07, 6.45) is 0. The second-order valence-electron chi connectivity index (χ2n) is 2.35. The summed E-state index contributed by atoms with van der Waals surface area (Å²) >= 11 is 6.81. The summed E-state index contributed by atoms with van der Waals surface area (Å²) in [5.41, 5.74) is 5.41. The van der Waals surface area contributed by atoms with Crippen molar-refractivity contribution in [2.75, 3.05) is 31.1 Å².